The van der Waals surface area contributed by atoms with E-state index in [9.17, 15) is 19.5 Å². The van der Waals surface area contributed by atoms with Crippen LogP contribution in [0.3, 0.4) is 0 Å². The number of aromatic nitrogens is 1. The van der Waals surface area contributed by atoms with Gasteiger partial charge in [0.15, 0.2) is 11.7 Å². The number of aliphatic imine (C=N–C) groups is 1. The number of hydrogen-bond donors (Lipinski definition) is 5. The van der Waals surface area contributed by atoms with Crippen LogP contribution in [0.2, 0.25) is 0 Å². The molecule has 0 saturated carbocycles. The van der Waals surface area contributed by atoms with Crippen molar-refractivity contribution in [2.75, 3.05) is 6.54 Å². The number of carboxylic acid groups (broad SMARTS) is 1. The number of carbonyl (C=O) groups excluding carboxylic acids is 2. The zero-order chi connectivity index (χ0) is 25.3. The predicted octanol–water partition coefficient (Wildman–Crippen LogP) is 1.86. The second kappa shape index (κ2) is 12.2. The molecule has 2 amide bonds. The van der Waals surface area contributed by atoms with E-state index in [0.717, 1.165) is 0 Å². The Morgan fingerprint density at radius 3 is 2.33 bits per heavy atom. The topological polar surface area (TPSA) is 186 Å². The van der Waals surface area contributed by atoms with Crippen molar-refractivity contribution in [1.29, 1.82) is 0 Å². The second-order valence-electron chi connectivity index (χ2n) is 9.76. The van der Waals surface area contributed by atoms with Gasteiger partial charge in [-0.2, -0.15) is 0 Å². The zero-order valence-electron chi connectivity index (χ0n) is 20.4. The minimum absolute atomic E-state index is 0.0145. The van der Waals surface area contributed by atoms with Crippen molar-refractivity contribution in [3.63, 3.8) is 0 Å². The SMILES string of the molecule is Cc1oc([C@H](CC(C)C)NC(=O)CC(C)(C)C)nc1C(=O)N[C@@H](CCCN=C(N)N)C(=O)O. The fourth-order valence-electron chi connectivity index (χ4n) is 3.18. The van der Waals surface area contributed by atoms with Crippen LogP contribution in [0.1, 0.15) is 88.5 Å². The van der Waals surface area contributed by atoms with Gasteiger partial charge < -0.3 is 31.6 Å². The first-order valence-corrected chi connectivity index (χ1v) is 11.0. The van der Waals surface area contributed by atoms with Gasteiger partial charge in [-0.3, -0.25) is 14.6 Å². The second-order valence-corrected chi connectivity index (χ2v) is 9.76. The number of carbonyl (C=O) groups is 3. The minimum Gasteiger partial charge on any atom is -0.480 e. The van der Waals surface area contributed by atoms with Gasteiger partial charge in [0.25, 0.3) is 5.91 Å². The van der Waals surface area contributed by atoms with Crippen LogP contribution in [0.5, 0.6) is 0 Å². The third-order valence-corrected chi connectivity index (χ3v) is 4.61. The molecule has 1 heterocycles. The highest BCUT2D eigenvalue weighted by atomic mass is 16.4. The van der Waals surface area contributed by atoms with Crippen LogP contribution in [0.25, 0.3) is 0 Å². The van der Waals surface area contributed by atoms with Gasteiger partial charge in [-0.25, -0.2) is 9.78 Å². The number of hydrogen-bond acceptors (Lipinski definition) is 6. The molecule has 0 fully saturated rings. The molecular formula is C22H38N6O5. The Kier molecular flexibility index (Phi) is 10.3. The molecule has 0 radical (unpaired) electrons. The van der Waals surface area contributed by atoms with Gasteiger partial charge in [0.1, 0.15) is 17.8 Å². The van der Waals surface area contributed by atoms with Crippen molar-refractivity contribution in [3.05, 3.63) is 17.3 Å². The molecule has 1 aromatic rings. The van der Waals surface area contributed by atoms with E-state index in [0.29, 0.717) is 19.3 Å². The lowest BCUT2D eigenvalue weighted by atomic mass is 9.91. The van der Waals surface area contributed by atoms with Gasteiger partial charge in [0, 0.05) is 13.0 Å². The maximum Gasteiger partial charge on any atom is 0.326 e. The highest BCUT2D eigenvalue weighted by molar-refractivity contribution is 5.95. The molecule has 0 bridgehead atoms. The fourth-order valence-corrected chi connectivity index (χ4v) is 3.18. The molecule has 0 unspecified atom stereocenters. The van der Waals surface area contributed by atoms with Gasteiger partial charge in [-0.15, -0.1) is 0 Å². The number of guanidine groups is 1. The smallest absolute Gasteiger partial charge is 0.326 e. The molecule has 33 heavy (non-hydrogen) atoms. The fraction of sp³-hybridized carbons (Fsp3) is 0.682. The lowest BCUT2D eigenvalue weighted by Crippen LogP contribution is -2.41. The standard InChI is InChI=1S/C22H38N6O5/c1-12(2)10-15(26-16(29)11-22(4,5)6)19-28-17(13(3)33-19)18(30)27-14(20(31)32)8-7-9-25-21(23)24/h12,14-15H,7-11H2,1-6H3,(H,26,29)(H,27,30)(H,31,32)(H4,23,24,25)/t14-,15-/m0/s1. The van der Waals surface area contributed by atoms with Crippen LogP contribution in [0, 0.1) is 18.3 Å². The van der Waals surface area contributed by atoms with Crippen LogP contribution in [-0.4, -0.2) is 46.4 Å². The van der Waals surface area contributed by atoms with E-state index in [1.165, 1.54) is 0 Å². The molecule has 7 N–H and O–H groups in total. The van der Waals surface area contributed by atoms with Crippen LogP contribution in [0.4, 0.5) is 0 Å². The van der Waals surface area contributed by atoms with Crippen molar-refractivity contribution in [2.24, 2.45) is 27.8 Å². The van der Waals surface area contributed by atoms with Crippen molar-refractivity contribution in [2.45, 2.75) is 79.3 Å². The summed E-state index contributed by atoms with van der Waals surface area (Å²) in [6, 6.07) is -1.64. The van der Waals surface area contributed by atoms with Crippen molar-refractivity contribution in [3.8, 4) is 0 Å². The third kappa shape index (κ3) is 10.4. The summed E-state index contributed by atoms with van der Waals surface area (Å²) >= 11 is 0. The minimum atomic E-state index is -1.18. The quantitative estimate of drug-likeness (QED) is 0.175. The summed E-state index contributed by atoms with van der Waals surface area (Å²) in [7, 11) is 0. The Morgan fingerprint density at radius 1 is 1.18 bits per heavy atom. The average molecular weight is 467 g/mol. The highest BCUT2D eigenvalue weighted by Crippen LogP contribution is 2.25. The van der Waals surface area contributed by atoms with E-state index in [2.05, 4.69) is 20.6 Å². The van der Waals surface area contributed by atoms with E-state index in [1.54, 1.807) is 6.92 Å². The van der Waals surface area contributed by atoms with Gasteiger partial charge in [0.05, 0.1) is 0 Å². The summed E-state index contributed by atoms with van der Waals surface area (Å²) < 4.78 is 5.72. The molecule has 0 spiro atoms. The van der Waals surface area contributed by atoms with Gasteiger partial charge in [-0.1, -0.05) is 34.6 Å². The average Bonchev–Trinajstić information content (AvgIpc) is 3.03. The van der Waals surface area contributed by atoms with E-state index in [-0.39, 0.29) is 53.5 Å². The maximum atomic E-state index is 12.7. The number of aryl methyl sites for hydroxylation is 1. The Balaban J connectivity index is 2.97. The van der Waals surface area contributed by atoms with Crippen LogP contribution in [-0.2, 0) is 9.59 Å². The van der Waals surface area contributed by atoms with Crippen molar-refractivity contribution >= 4 is 23.7 Å². The van der Waals surface area contributed by atoms with Gasteiger partial charge in [-0.05, 0) is 37.5 Å². The number of carboxylic acids is 1. The number of amides is 2. The Bertz CT molecular complexity index is 852. The summed E-state index contributed by atoms with van der Waals surface area (Å²) in [6.45, 7) is 11.7. The first-order valence-electron chi connectivity index (χ1n) is 11.0. The molecule has 0 aliphatic rings. The van der Waals surface area contributed by atoms with E-state index >= 15 is 0 Å². The lowest BCUT2D eigenvalue weighted by Gasteiger charge is -2.21. The third-order valence-electron chi connectivity index (χ3n) is 4.61. The normalized spacial score (nSPS) is 13.3. The first kappa shape index (κ1) is 27.9. The molecule has 1 rings (SSSR count). The molecule has 186 valence electrons. The zero-order valence-corrected chi connectivity index (χ0v) is 20.4. The molecule has 0 saturated heterocycles. The van der Waals surface area contributed by atoms with Crippen LogP contribution in [0.15, 0.2) is 9.41 Å². The maximum absolute atomic E-state index is 12.7. The van der Waals surface area contributed by atoms with Crippen molar-refractivity contribution < 1.29 is 23.9 Å². The van der Waals surface area contributed by atoms with Crippen molar-refractivity contribution in [1.82, 2.24) is 15.6 Å². The molecule has 11 heteroatoms. The number of oxazole rings is 1. The Labute approximate surface area is 194 Å². The van der Waals surface area contributed by atoms with Gasteiger partial charge in [0.2, 0.25) is 11.8 Å². The summed E-state index contributed by atoms with van der Waals surface area (Å²) in [6.07, 6.45) is 1.41. The first-order chi connectivity index (χ1) is 15.2. The molecule has 11 nitrogen and oxygen atoms in total. The predicted molar refractivity (Wildman–Crippen MR) is 124 cm³/mol. The van der Waals surface area contributed by atoms with E-state index in [1.807, 2.05) is 34.6 Å². The monoisotopic (exact) mass is 466 g/mol. The van der Waals surface area contributed by atoms with Crippen LogP contribution < -0.4 is 22.1 Å². The molecule has 0 aromatic carbocycles. The number of nitrogens with zero attached hydrogens (tertiary/aromatic N) is 2. The van der Waals surface area contributed by atoms with E-state index < -0.39 is 24.0 Å². The molecular weight excluding hydrogens is 428 g/mol. The summed E-state index contributed by atoms with van der Waals surface area (Å²) in [4.78, 5) is 44.9. The summed E-state index contributed by atoms with van der Waals surface area (Å²) in [5, 5.41) is 14.9. The van der Waals surface area contributed by atoms with Gasteiger partial charge >= 0.3 is 5.97 Å². The largest absolute Gasteiger partial charge is 0.480 e. The number of nitrogens with two attached hydrogens (primary N) is 2. The Hall–Kier alpha value is -3.11. The summed E-state index contributed by atoms with van der Waals surface area (Å²) in [5.41, 5.74) is 10.3. The molecule has 1 aromatic heterocycles. The number of nitrogens with one attached hydrogen (secondary N) is 2. The lowest BCUT2D eigenvalue weighted by molar-refractivity contribution is -0.139. The van der Waals surface area contributed by atoms with Crippen LogP contribution >= 0.6 is 0 Å². The molecule has 2 atom stereocenters. The Morgan fingerprint density at radius 2 is 1.82 bits per heavy atom. The van der Waals surface area contributed by atoms with E-state index in [4.69, 9.17) is 15.9 Å². The molecule has 0 aliphatic carbocycles. The number of aliphatic carboxylic acids is 1. The molecule has 0 aliphatic heterocycles. The highest BCUT2D eigenvalue weighted by Gasteiger charge is 2.28. The number of rotatable bonds is 12. The summed E-state index contributed by atoms with van der Waals surface area (Å²) in [5.74, 6) is -1.37.